The predicted molar refractivity (Wildman–Crippen MR) is 61.3 cm³/mol. The molecule has 0 atom stereocenters. The van der Waals surface area contributed by atoms with Crippen molar-refractivity contribution < 1.29 is 4.79 Å². The van der Waals surface area contributed by atoms with Gasteiger partial charge in [-0.2, -0.15) is 0 Å². The van der Waals surface area contributed by atoms with E-state index in [0.717, 1.165) is 0 Å². The zero-order valence-corrected chi connectivity index (χ0v) is 10.7. The highest BCUT2D eigenvalue weighted by molar-refractivity contribution is 7.98. The van der Waals surface area contributed by atoms with Crippen LogP contribution in [0.1, 0.15) is 10.4 Å². The molecule has 14 heavy (non-hydrogen) atoms. The second-order valence-electron chi connectivity index (χ2n) is 1.94. The standard InChI is InChI=1S/C6H3Cl3N2OS.ClH/c1-13-6-10-3(7)2(5(9)12)4(8)11-6;/h1H3;1H. The van der Waals surface area contributed by atoms with Gasteiger partial charge in [0, 0.05) is 0 Å². The van der Waals surface area contributed by atoms with Gasteiger partial charge in [-0.25, -0.2) is 9.97 Å². The maximum absolute atomic E-state index is 10.8. The molecule has 0 aliphatic heterocycles. The minimum Gasteiger partial charge on any atom is -0.275 e. The summed E-state index contributed by atoms with van der Waals surface area (Å²) >= 11 is 17.8. The molecule has 8 heteroatoms. The van der Waals surface area contributed by atoms with Gasteiger partial charge < -0.3 is 0 Å². The van der Waals surface area contributed by atoms with Crippen LogP contribution < -0.4 is 0 Å². The summed E-state index contributed by atoms with van der Waals surface area (Å²) in [7, 11) is 0. The Morgan fingerprint density at radius 3 is 2.00 bits per heavy atom. The largest absolute Gasteiger partial charge is 0.275 e. The molecule has 0 saturated carbocycles. The number of aromatic nitrogens is 2. The van der Waals surface area contributed by atoms with Gasteiger partial charge in [-0.3, -0.25) is 4.79 Å². The molecule has 1 aromatic rings. The molecule has 0 N–H and O–H groups in total. The third-order valence-electron chi connectivity index (χ3n) is 1.18. The number of rotatable bonds is 2. The quantitative estimate of drug-likeness (QED) is 0.363. The predicted octanol–water partition coefficient (Wildman–Crippen LogP) is 3.31. The smallest absolute Gasteiger partial charge is 0.258 e. The van der Waals surface area contributed by atoms with Crippen molar-refractivity contribution >= 4 is 64.2 Å². The molecule has 78 valence electrons. The highest BCUT2D eigenvalue weighted by Crippen LogP contribution is 2.25. The minimum atomic E-state index is -0.761. The van der Waals surface area contributed by atoms with Gasteiger partial charge in [-0.05, 0) is 17.9 Å². The topological polar surface area (TPSA) is 42.9 Å². The van der Waals surface area contributed by atoms with Gasteiger partial charge in [0.1, 0.15) is 15.9 Å². The summed E-state index contributed by atoms with van der Waals surface area (Å²) in [5.74, 6) is 0. The molecular weight excluding hydrogens is 290 g/mol. The van der Waals surface area contributed by atoms with Crippen LogP contribution in [0.5, 0.6) is 0 Å². The fourth-order valence-corrected chi connectivity index (χ4v) is 1.94. The van der Waals surface area contributed by atoms with Crippen LogP contribution in [0.4, 0.5) is 0 Å². The SMILES string of the molecule is CSc1nc(Cl)c(C(=O)Cl)c(Cl)n1.Cl. The van der Waals surface area contributed by atoms with Crippen LogP contribution in [0.3, 0.4) is 0 Å². The summed E-state index contributed by atoms with van der Waals surface area (Å²) in [6.07, 6.45) is 1.77. The summed E-state index contributed by atoms with van der Waals surface area (Å²) < 4.78 is 0. The van der Waals surface area contributed by atoms with Crippen molar-refractivity contribution in [2.75, 3.05) is 6.26 Å². The van der Waals surface area contributed by atoms with Gasteiger partial charge in [0.15, 0.2) is 5.16 Å². The van der Waals surface area contributed by atoms with Gasteiger partial charge in [0.05, 0.1) is 0 Å². The highest BCUT2D eigenvalue weighted by atomic mass is 35.5. The lowest BCUT2D eigenvalue weighted by Gasteiger charge is -2.01. The number of hydrogen-bond acceptors (Lipinski definition) is 4. The van der Waals surface area contributed by atoms with Gasteiger partial charge in [0.25, 0.3) is 5.24 Å². The molecule has 0 aliphatic rings. The molecular formula is C6H4Cl4N2OS. The van der Waals surface area contributed by atoms with E-state index in [-0.39, 0.29) is 28.3 Å². The monoisotopic (exact) mass is 292 g/mol. The number of nitrogens with zero attached hydrogens (tertiary/aromatic N) is 2. The van der Waals surface area contributed by atoms with Crippen molar-refractivity contribution in [2.24, 2.45) is 0 Å². The molecule has 0 radical (unpaired) electrons. The number of halogens is 4. The Labute approximate surface area is 106 Å². The average Bonchev–Trinajstić information content (AvgIpc) is 2.02. The minimum absolute atomic E-state index is 0. The molecule has 0 saturated heterocycles. The lowest BCUT2D eigenvalue weighted by molar-refractivity contribution is 0.108. The maximum Gasteiger partial charge on any atom is 0.258 e. The second kappa shape index (κ2) is 5.98. The van der Waals surface area contributed by atoms with Gasteiger partial charge in [0.2, 0.25) is 0 Å². The molecule has 0 amide bonds. The number of carbonyl (C=O) groups excluding carboxylic acids is 1. The van der Waals surface area contributed by atoms with Crippen molar-refractivity contribution in [3.05, 3.63) is 15.9 Å². The Hall–Kier alpha value is 0.260. The summed E-state index contributed by atoms with van der Waals surface area (Å²) in [4.78, 5) is 18.4. The van der Waals surface area contributed by atoms with Crippen molar-refractivity contribution in [1.29, 1.82) is 0 Å². The molecule has 1 rings (SSSR count). The van der Waals surface area contributed by atoms with Crippen molar-refractivity contribution in [1.82, 2.24) is 9.97 Å². The second-order valence-corrected chi connectivity index (χ2v) is 3.77. The van der Waals surface area contributed by atoms with E-state index in [4.69, 9.17) is 34.8 Å². The van der Waals surface area contributed by atoms with Gasteiger partial charge in [-0.15, -0.1) is 12.4 Å². The van der Waals surface area contributed by atoms with Crippen LogP contribution in [0.25, 0.3) is 0 Å². The maximum atomic E-state index is 10.8. The van der Waals surface area contributed by atoms with E-state index in [0.29, 0.717) is 5.16 Å². The normalized spacial score (nSPS) is 9.43. The van der Waals surface area contributed by atoms with E-state index < -0.39 is 5.24 Å². The third kappa shape index (κ3) is 3.14. The van der Waals surface area contributed by atoms with Crippen LogP contribution in [-0.2, 0) is 0 Å². The van der Waals surface area contributed by atoms with Crippen molar-refractivity contribution in [2.45, 2.75) is 5.16 Å². The Morgan fingerprint density at radius 1 is 1.29 bits per heavy atom. The van der Waals surface area contributed by atoms with Gasteiger partial charge in [-0.1, -0.05) is 35.0 Å². The fourth-order valence-electron chi connectivity index (χ4n) is 0.643. The van der Waals surface area contributed by atoms with E-state index >= 15 is 0 Å². The molecule has 0 spiro atoms. The molecule has 0 unspecified atom stereocenters. The highest BCUT2D eigenvalue weighted by Gasteiger charge is 2.16. The third-order valence-corrected chi connectivity index (χ3v) is 2.46. The first-order valence-corrected chi connectivity index (χ1v) is 5.39. The fraction of sp³-hybridized carbons (Fsp3) is 0.167. The Kier molecular flexibility index (Phi) is 6.09. The molecule has 3 nitrogen and oxygen atoms in total. The first-order chi connectivity index (χ1) is 6.06. The van der Waals surface area contributed by atoms with E-state index in [1.165, 1.54) is 11.8 Å². The first kappa shape index (κ1) is 14.3. The Morgan fingerprint density at radius 2 is 1.71 bits per heavy atom. The van der Waals surface area contributed by atoms with E-state index in [9.17, 15) is 4.79 Å². The number of carbonyl (C=O) groups is 1. The zero-order chi connectivity index (χ0) is 10.0. The van der Waals surface area contributed by atoms with Crippen LogP contribution in [0.15, 0.2) is 5.16 Å². The first-order valence-electron chi connectivity index (χ1n) is 3.03. The van der Waals surface area contributed by atoms with Crippen LogP contribution >= 0.6 is 59.0 Å². The number of hydrogen-bond donors (Lipinski definition) is 0. The lowest BCUT2D eigenvalue weighted by atomic mass is 10.4. The summed E-state index contributed by atoms with van der Waals surface area (Å²) in [5.41, 5.74) is -0.0530. The molecule has 0 aromatic carbocycles. The number of thioether (sulfide) groups is 1. The summed E-state index contributed by atoms with van der Waals surface area (Å²) in [5, 5.41) is -0.409. The Balaban J connectivity index is 0.00000169. The van der Waals surface area contributed by atoms with Crippen LogP contribution in [0, 0.1) is 0 Å². The molecule has 0 bridgehead atoms. The summed E-state index contributed by atoms with van der Waals surface area (Å²) in [6.45, 7) is 0. The van der Waals surface area contributed by atoms with Gasteiger partial charge >= 0.3 is 0 Å². The van der Waals surface area contributed by atoms with E-state index in [1.807, 2.05) is 0 Å². The molecule has 0 fully saturated rings. The Bertz CT molecular complexity index is 337. The summed E-state index contributed by atoms with van der Waals surface area (Å²) in [6, 6.07) is 0. The molecule has 0 aliphatic carbocycles. The molecule has 1 heterocycles. The average molecular weight is 294 g/mol. The van der Waals surface area contributed by atoms with Crippen LogP contribution in [0.2, 0.25) is 10.3 Å². The zero-order valence-electron chi connectivity index (χ0n) is 6.75. The van der Waals surface area contributed by atoms with Crippen LogP contribution in [-0.4, -0.2) is 21.5 Å². The van der Waals surface area contributed by atoms with Crippen molar-refractivity contribution in [3.63, 3.8) is 0 Å². The van der Waals surface area contributed by atoms with E-state index in [2.05, 4.69) is 9.97 Å². The van der Waals surface area contributed by atoms with Crippen molar-refractivity contribution in [3.8, 4) is 0 Å². The lowest BCUT2D eigenvalue weighted by Crippen LogP contribution is -1.99. The molecule has 1 aromatic heterocycles. The van der Waals surface area contributed by atoms with E-state index in [1.54, 1.807) is 6.26 Å².